The zero-order chi connectivity index (χ0) is 14.7. The summed E-state index contributed by atoms with van der Waals surface area (Å²) in [5.41, 5.74) is 0.870. The Balaban J connectivity index is 1.92. The van der Waals surface area contributed by atoms with Crippen LogP contribution < -0.4 is 9.64 Å². The molecule has 3 rings (SSSR count). The Kier molecular flexibility index (Phi) is 4.17. The Labute approximate surface area is 127 Å². The molecule has 0 N–H and O–H groups in total. The number of benzene rings is 1. The first-order valence-electron chi connectivity index (χ1n) is 6.65. The van der Waals surface area contributed by atoms with E-state index < -0.39 is 0 Å². The van der Waals surface area contributed by atoms with E-state index in [2.05, 4.69) is 15.0 Å². The number of aromatic nitrogens is 3. The summed E-state index contributed by atoms with van der Waals surface area (Å²) in [5, 5.41) is 0.192. The summed E-state index contributed by atoms with van der Waals surface area (Å²) in [6.45, 7) is 2.84. The fourth-order valence-corrected chi connectivity index (χ4v) is 2.27. The Morgan fingerprint density at radius 1 is 1.10 bits per heavy atom. The van der Waals surface area contributed by atoms with Crippen molar-refractivity contribution in [2.75, 3.05) is 38.3 Å². The van der Waals surface area contributed by atoms with Gasteiger partial charge in [0.2, 0.25) is 11.2 Å². The molecular formula is C14H15ClN4O2. The van der Waals surface area contributed by atoms with Crippen LogP contribution in [0.25, 0.3) is 11.4 Å². The summed E-state index contributed by atoms with van der Waals surface area (Å²) in [4.78, 5) is 15.0. The molecule has 21 heavy (non-hydrogen) atoms. The SMILES string of the molecule is COc1ccc(-c2nc(Cl)nc(N3CCOCC3)n2)cc1. The number of anilines is 1. The summed E-state index contributed by atoms with van der Waals surface area (Å²) in [5.74, 6) is 1.93. The van der Waals surface area contributed by atoms with Crippen LogP contribution in [-0.2, 0) is 4.74 Å². The van der Waals surface area contributed by atoms with E-state index in [1.165, 1.54) is 0 Å². The molecule has 0 spiro atoms. The first kappa shape index (κ1) is 14.0. The van der Waals surface area contributed by atoms with Crippen LogP contribution in [0.4, 0.5) is 5.95 Å². The van der Waals surface area contributed by atoms with Gasteiger partial charge in [0.25, 0.3) is 0 Å². The van der Waals surface area contributed by atoms with Crippen LogP contribution in [0.2, 0.25) is 5.28 Å². The molecule has 1 saturated heterocycles. The Morgan fingerprint density at radius 3 is 2.48 bits per heavy atom. The van der Waals surface area contributed by atoms with Crippen molar-refractivity contribution in [3.05, 3.63) is 29.5 Å². The molecular weight excluding hydrogens is 292 g/mol. The number of hydrogen-bond donors (Lipinski definition) is 0. The van der Waals surface area contributed by atoms with Gasteiger partial charge in [0.05, 0.1) is 20.3 Å². The maximum Gasteiger partial charge on any atom is 0.230 e. The first-order chi connectivity index (χ1) is 10.3. The fraction of sp³-hybridized carbons (Fsp3) is 0.357. The monoisotopic (exact) mass is 306 g/mol. The van der Waals surface area contributed by atoms with Crippen molar-refractivity contribution in [2.24, 2.45) is 0 Å². The summed E-state index contributed by atoms with van der Waals surface area (Å²) in [6, 6.07) is 7.52. The molecule has 1 aliphatic rings. The lowest BCUT2D eigenvalue weighted by molar-refractivity contribution is 0.122. The molecule has 1 aromatic carbocycles. The van der Waals surface area contributed by atoms with Gasteiger partial charge in [-0.2, -0.15) is 15.0 Å². The van der Waals surface area contributed by atoms with Crippen molar-refractivity contribution in [1.82, 2.24) is 15.0 Å². The lowest BCUT2D eigenvalue weighted by Crippen LogP contribution is -2.37. The minimum atomic E-state index is 0.192. The van der Waals surface area contributed by atoms with Crippen LogP contribution in [0.3, 0.4) is 0 Å². The number of nitrogens with zero attached hydrogens (tertiary/aromatic N) is 4. The van der Waals surface area contributed by atoms with Gasteiger partial charge in [-0.1, -0.05) is 0 Å². The average molecular weight is 307 g/mol. The average Bonchev–Trinajstić information content (AvgIpc) is 2.55. The van der Waals surface area contributed by atoms with Crippen LogP contribution >= 0.6 is 11.6 Å². The second-order valence-corrected chi connectivity index (χ2v) is 4.89. The van der Waals surface area contributed by atoms with Crippen molar-refractivity contribution in [1.29, 1.82) is 0 Å². The maximum atomic E-state index is 6.03. The van der Waals surface area contributed by atoms with E-state index in [0.29, 0.717) is 25.0 Å². The van der Waals surface area contributed by atoms with Crippen molar-refractivity contribution < 1.29 is 9.47 Å². The Morgan fingerprint density at radius 2 is 1.81 bits per heavy atom. The third-order valence-corrected chi connectivity index (χ3v) is 3.41. The lowest BCUT2D eigenvalue weighted by Gasteiger charge is -2.26. The molecule has 1 fully saturated rings. The number of morpholine rings is 1. The van der Waals surface area contributed by atoms with Crippen LogP contribution in [0.15, 0.2) is 24.3 Å². The molecule has 0 saturated carbocycles. The van der Waals surface area contributed by atoms with E-state index in [4.69, 9.17) is 21.1 Å². The molecule has 0 radical (unpaired) electrons. The van der Waals surface area contributed by atoms with E-state index >= 15 is 0 Å². The standard InChI is InChI=1S/C14H15ClN4O2/c1-20-11-4-2-10(3-5-11)12-16-13(15)18-14(17-12)19-6-8-21-9-7-19/h2-5H,6-9H2,1H3. The second kappa shape index (κ2) is 6.24. The third kappa shape index (κ3) is 3.22. The van der Waals surface area contributed by atoms with Crippen molar-refractivity contribution in [2.45, 2.75) is 0 Å². The van der Waals surface area contributed by atoms with Crippen LogP contribution in [-0.4, -0.2) is 48.4 Å². The molecule has 0 unspecified atom stereocenters. The number of ether oxygens (including phenoxy) is 2. The largest absolute Gasteiger partial charge is 0.497 e. The Hall–Kier alpha value is -1.92. The molecule has 0 aliphatic carbocycles. The van der Waals surface area contributed by atoms with E-state index in [0.717, 1.165) is 24.4 Å². The molecule has 7 heteroatoms. The van der Waals surface area contributed by atoms with Gasteiger partial charge in [0, 0.05) is 18.7 Å². The Bertz CT molecular complexity index is 615. The minimum absolute atomic E-state index is 0.192. The van der Waals surface area contributed by atoms with Gasteiger partial charge in [-0.05, 0) is 35.9 Å². The predicted octanol–water partition coefficient (Wildman–Crippen LogP) is 2.04. The van der Waals surface area contributed by atoms with E-state index in [1.807, 2.05) is 29.2 Å². The molecule has 2 heterocycles. The number of rotatable bonds is 3. The molecule has 1 aliphatic heterocycles. The molecule has 1 aromatic heterocycles. The number of methoxy groups -OCH3 is 1. The zero-order valence-corrected chi connectivity index (χ0v) is 12.4. The van der Waals surface area contributed by atoms with Crippen LogP contribution in [0, 0.1) is 0 Å². The van der Waals surface area contributed by atoms with Crippen molar-refractivity contribution >= 4 is 17.5 Å². The quantitative estimate of drug-likeness (QED) is 0.865. The highest BCUT2D eigenvalue weighted by Gasteiger charge is 2.16. The second-order valence-electron chi connectivity index (χ2n) is 4.56. The number of hydrogen-bond acceptors (Lipinski definition) is 6. The molecule has 0 bridgehead atoms. The highest BCUT2D eigenvalue weighted by atomic mass is 35.5. The van der Waals surface area contributed by atoms with Crippen LogP contribution in [0.5, 0.6) is 5.75 Å². The third-order valence-electron chi connectivity index (χ3n) is 3.24. The highest BCUT2D eigenvalue weighted by Crippen LogP contribution is 2.22. The first-order valence-corrected chi connectivity index (χ1v) is 7.03. The number of halogens is 1. The van der Waals surface area contributed by atoms with E-state index in [-0.39, 0.29) is 5.28 Å². The molecule has 6 nitrogen and oxygen atoms in total. The summed E-state index contributed by atoms with van der Waals surface area (Å²) < 4.78 is 10.5. The normalized spacial score (nSPS) is 15.0. The maximum absolute atomic E-state index is 6.03. The van der Waals surface area contributed by atoms with Crippen LogP contribution in [0.1, 0.15) is 0 Å². The van der Waals surface area contributed by atoms with Crippen molar-refractivity contribution in [3.8, 4) is 17.1 Å². The summed E-state index contributed by atoms with van der Waals surface area (Å²) >= 11 is 6.03. The van der Waals surface area contributed by atoms with E-state index in [1.54, 1.807) is 7.11 Å². The predicted molar refractivity (Wildman–Crippen MR) is 79.9 cm³/mol. The van der Waals surface area contributed by atoms with Gasteiger partial charge in [-0.3, -0.25) is 0 Å². The fourth-order valence-electron chi connectivity index (χ4n) is 2.11. The highest BCUT2D eigenvalue weighted by molar-refractivity contribution is 6.28. The molecule has 110 valence electrons. The van der Waals surface area contributed by atoms with Gasteiger partial charge < -0.3 is 14.4 Å². The minimum Gasteiger partial charge on any atom is -0.497 e. The van der Waals surface area contributed by atoms with Gasteiger partial charge in [0.15, 0.2) is 5.82 Å². The summed E-state index contributed by atoms with van der Waals surface area (Å²) in [6.07, 6.45) is 0. The van der Waals surface area contributed by atoms with Gasteiger partial charge >= 0.3 is 0 Å². The van der Waals surface area contributed by atoms with E-state index in [9.17, 15) is 0 Å². The summed E-state index contributed by atoms with van der Waals surface area (Å²) in [7, 11) is 1.63. The molecule has 2 aromatic rings. The van der Waals surface area contributed by atoms with Gasteiger partial charge in [0.1, 0.15) is 5.75 Å². The van der Waals surface area contributed by atoms with Crippen molar-refractivity contribution in [3.63, 3.8) is 0 Å². The van der Waals surface area contributed by atoms with Gasteiger partial charge in [-0.15, -0.1) is 0 Å². The smallest absolute Gasteiger partial charge is 0.230 e. The topological polar surface area (TPSA) is 60.4 Å². The van der Waals surface area contributed by atoms with Gasteiger partial charge in [-0.25, -0.2) is 0 Å². The zero-order valence-electron chi connectivity index (χ0n) is 11.6. The molecule has 0 amide bonds. The lowest BCUT2D eigenvalue weighted by atomic mass is 10.2. The molecule has 0 atom stereocenters.